The van der Waals surface area contributed by atoms with Crippen molar-refractivity contribution in [3.05, 3.63) is 64.4 Å². The molecule has 1 aromatic carbocycles. The Morgan fingerprint density at radius 3 is 2.73 bits per heavy atom. The van der Waals surface area contributed by atoms with Gasteiger partial charge in [-0.05, 0) is 63.5 Å². The summed E-state index contributed by atoms with van der Waals surface area (Å²) in [5.41, 5.74) is 4.18. The first kappa shape index (κ1) is 24.3. The molecule has 1 aromatic heterocycles. The minimum atomic E-state index is -0.408. The fraction of sp³-hybridized carbons (Fsp3) is 0.385. The van der Waals surface area contributed by atoms with Gasteiger partial charge >= 0.3 is 0 Å². The van der Waals surface area contributed by atoms with Crippen LogP contribution in [0.2, 0.25) is 0 Å². The summed E-state index contributed by atoms with van der Waals surface area (Å²) in [4.78, 5) is 28.4. The second-order valence-electron chi connectivity index (χ2n) is 8.26. The van der Waals surface area contributed by atoms with Crippen LogP contribution in [0.15, 0.2) is 30.5 Å². The number of amides is 2. The van der Waals surface area contributed by atoms with E-state index in [4.69, 9.17) is 4.74 Å². The number of anilines is 1. The van der Waals surface area contributed by atoms with E-state index in [0.717, 1.165) is 49.1 Å². The molecule has 0 atom stereocenters. The van der Waals surface area contributed by atoms with Gasteiger partial charge in [0, 0.05) is 35.6 Å². The second kappa shape index (κ2) is 11.0. The van der Waals surface area contributed by atoms with Gasteiger partial charge in [-0.15, -0.1) is 0 Å². The normalized spacial score (nSPS) is 13.7. The number of rotatable bonds is 11. The van der Waals surface area contributed by atoms with Gasteiger partial charge in [-0.3, -0.25) is 9.59 Å². The van der Waals surface area contributed by atoms with Gasteiger partial charge in [-0.25, -0.2) is 4.39 Å². The Balaban J connectivity index is 1.58. The first-order valence-corrected chi connectivity index (χ1v) is 11.4. The Bertz CT molecular complexity index is 1080. The van der Waals surface area contributed by atoms with Crippen molar-refractivity contribution in [2.24, 2.45) is 0 Å². The number of carbonyl (C=O) groups is 2. The van der Waals surface area contributed by atoms with Crippen molar-refractivity contribution in [1.29, 1.82) is 0 Å². The van der Waals surface area contributed by atoms with Gasteiger partial charge in [0.15, 0.2) is 0 Å². The molecule has 33 heavy (non-hydrogen) atoms. The number of unbranched alkanes of at least 4 members (excludes halogenated alkanes) is 3. The fourth-order valence-electron chi connectivity index (χ4n) is 4.07. The fourth-order valence-corrected chi connectivity index (χ4v) is 4.07. The largest absolute Gasteiger partial charge is 0.499 e. The van der Waals surface area contributed by atoms with Crippen molar-refractivity contribution >= 4 is 29.2 Å². The van der Waals surface area contributed by atoms with E-state index in [-0.39, 0.29) is 11.8 Å². The lowest BCUT2D eigenvalue weighted by molar-refractivity contribution is -0.110. The molecule has 0 saturated carbocycles. The molecule has 2 heterocycles. The van der Waals surface area contributed by atoms with Gasteiger partial charge in [0.1, 0.15) is 5.82 Å². The lowest BCUT2D eigenvalue weighted by atomic mass is 10.0. The van der Waals surface area contributed by atoms with E-state index >= 15 is 0 Å². The molecule has 176 valence electrons. The molecule has 0 unspecified atom stereocenters. The second-order valence-corrected chi connectivity index (χ2v) is 8.26. The number of benzene rings is 1. The third-order valence-electron chi connectivity index (χ3n) is 5.77. The van der Waals surface area contributed by atoms with Crippen LogP contribution in [0, 0.1) is 19.7 Å². The maximum Gasteiger partial charge on any atom is 0.256 e. The average Bonchev–Trinajstić information content (AvgIpc) is 3.22. The molecule has 0 spiro atoms. The molecule has 7 heteroatoms. The molecular formula is C26H32FN3O3. The number of ether oxygens (including phenoxy) is 1. The smallest absolute Gasteiger partial charge is 0.256 e. The topological polar surface area (TPSA) is 83.2 Å². The van der Waals surface area contributed by atoms with Crippen LogP contribution in [0.25, 0.3) is 11.6 Å². The van der Waals surface area contributed by atoms with Crippen molar-refractivity contribution < 1.29 is 18.7 Å². The first-order valence-electron chi connectivity index (χ1n) is 11.4. The number of aryl methyl sites for hydroxylation is 1. The Labute approximate surface area is 194 Å². The summed E-state index contributed by atoms with van der Waals surface area (Å²) < 4.78 is 19.0. The number of halogens is 1. The third-order valence-corrected chi connectivity index (χ3v) is 5.77. The molecule has 3 N–H and O–H groups in total. The highest BCUT2D eigenvalue weighted by Gasteiger charge is 2.26. The van der Waals surface area contributed by atoms with Crippen LogP contribution < -0.4 is 10.6 Å². The summed E-state index contributed by atoms with van der Waals surface area (Å²) in [7, 11) is 0. The number of fused-ring (bicyclic) bond motifs is 1. The maximum absolute atomic E-state index is 13.7. The van der Waals surface area contributed by atoms with E-state index in [0.29, 0.717) is 41.2 Å². The number of hydrogen-bond acceptors (Lipinski definition) is 3. The van der Waals surface area contributed by atoms with E-state index in [9.17, 15) is 14.0 Å². The Morgan fingerprint density at radius 1 is 1.21 bits per heavy atom. The van der Waals surface area contributed by atoms with Crippen LogP contribution in [0.5, 0.6) is 0 Å². The third kappa shape index (κ3) is 5.92. The van der Waals surface area contributed by atoms with Gasteiger partial charge in [-0.1, -0.05) is 19.4 Å². The molecule has 2 amide bonds. The first-order chi connectivity index (χ1) is 15.8. The van der Waals surface area contributed by atoms with Crippen LogP contribution in [-0.2, 0) is 9.53 Å². The molecule has 2 aromatic rings. The number of hydrogen-bond donors (Lipinski definition) is 3. The molecule has 0 bridgehead atoms. The van der Waals surface area contributed by atoms with Crippen molar-refractivity contribution in [2.45, 2.75) is 52.9 Å². The summed E-state index contributed by atoms with van der Waals surface area (Å²) in [6.45, 7) is 10.8. The predicted molar refractivity (Wildman–Crippen MR) is 129 cm³/mol. The molecule has 0 aliphatic carbocycles. The van der Waals surface area contributed by atoms with E-state index in [2.05, 4.69) is 22.2 Å². The summed E-state index contributed by atoms with van der Waals surface area (Å²) in [5, 5.41) is 5.73. The molecule has 3 rings (SSSR count). The number of H-pyrrole nitrogens is 1. The van der Waals surface area contributed by atoms with Crippen LogP contribution in [0.1, 0.15) is 71.9 Å². The van der Waals surface area contributed by atoms with E-state index in [1.807, 2.05) is 20.8 Å². The Morgan fingerprint density at radius 2 is 1.97 bits per heavy atom. The Kier molecular flexibility index (Phi) is 8.09. The average molecular weight is 454 g/mol. The van der Waals surface area contributed by atoms with Gasteiger partial charge in [0.2, 0.25) is 0 Å². The van der Waals surface area contributed by atoms with Crippen LogP contribution in [0.4, 0.5) is 10.1 Å². The molecule has 0 saturated heterocycles. The van der Waals surface area contributed by atoms with Gasteiger partial charge < -0.3 is 20.4 Å². The van der Waals surface area contributed by atoms with Gasteiger partial charge in [-0.2, -0.15) is 0 Å². The number of carbonyl (C=O) groups excluding carboxylic acids is 2. The highest BCUT2D eigenvalue weighted by Crippen LogP contribution is 2.34. The van der Waals surface area contributed by atoms with Crippen LogP contribution >= 0.6 is 0 Å². The number of allylic oxidation sites excluding steroid dienone is 1. The molecular weight excluding hydrogens is 421 g/mol. The molecule has 1 aliphatic heterocycles. The maximum atomic E-state index is 13.7. The van der Waals surface area contributed by atoms with Crippen LogP contribution in [-0.4, -0.2) is 29.9 Å². The van der Waals surface area contributed by atoms with Crippen molar-refractivity contribution in [2.75, 3.05) is 18.5 Å². The molecule has 6 nitrogen and oxygen atoms in total. The summed E-state index contributed by atoms with van der Waals surface area (Å²) in [6.07, 6.45) is 6.56. The highest BCUT2D eigenvalue weighted by molar-refractivity contribution is 6.34. The van der Waals surface area contributed by atoms with E-state index in [1.165, 1.54) is 12.1 Å². The van der Waals surface area contributed by atoms with Crippen LogP contribution in [0.3, 0.4) is 0 Å². The lowest BCUT2D eigenvalue weighted by Crippen LogP contribution is -2.25. The predicted octanol–water partition coefficient (Wildman–Crippen LogP) is 5.49. The zero-order valence-corrected chi connectivity index (χ0v) is 19.6. The molecule has 0 fully saturated rings. The van der Waals surface area contributed by atoms with E-state index in [1.54, 1.807) is 12.1 Å². The summed E-state index contributed by atoms with van der Waals surface area (Å²) >= 11 is 0. The summed E-state index contributed by atoms with van der Waals surface area (Å²) in [5.74, 6) is -0.00968. The molecule has 1 aliphatic rings. The minimum absolute atomic E-state index is 0.141. The summed E-state index contributed by atoms with van der Waals surface area (Å²) in [6, 6.07) is 4.20. The van der Waals surface area contributed by atoms with Gasteiger partial charge in [0.25, 0.3) is 11.8 Å². The van der Waals surface area contributed by atoms with Crippen molar-refractivity contribution in [3.63, 3.8) is 0 Å². The zero-order valence-electron chi connectivity index (χ0n) is 19.6. The quantitative estimate of drug-likeness (QED) is 0.239. The van der Waals surface area contributed by atoms with E-state index < -0.39 is 5.82 Å². The minimum Gasteiger partial charge on any atom is -0.499 e. The SMILES string of the molecule is C=C(CCCCCCNC(=O)c1c(C)[nH]c(/C=C2\C(=O)Nc3ccc(F)cc32)c1C)OCC. The number of nitrogens with one attached hydrogen (secondary N) is 3. The highest BCUT2D eigenvalue weighted by atomic mass is 19.1. The number of aromatic amines is 1. The monoisotopic (exact) mass is 453 g/mol. The number of aromatic nitrogens is 1. The molecule has 0 radical (unpaired) electrons. The lowest BCUT2D eigenvalue weighted by Gasteiger charge is -2.07. The van der Waals surface area contributed by atoms with Gasteiger partial charge in [0.05, 0.1) is 23.5 Å². The standard InChI is InChI=1S/C26H32FN3O3/c1-5-33-16(2)10-8-6-7-9-13-28-26(32)24-17(3)23(29-18(24)4)15-21-20-14-19(27)11-12-22(20)30-25(21)31/h11-12,14-15,29H,2,5-10,13H2,1,3-4H3,(H,28,32)(H,30,31)/b21-15-. The van der Waals surface area contributed by atoms with Crippen molar-refractivity contribution in [1.82, 2.24) is 10.3 Å². The zero-order chi connectivity index (χ0) is 24.0. The Hall–Kier alpha value is -3.35. The van der Waals surface area contributed by atoms with Crippen molar-refractivity contribution in [3.8, 4) is 0 Å².